The first-order chi connectivity index (χ1) is 5.34. The summed E-state index contributed by atoms with van der Waals surface area (Å²) in [5, 5.41) is 8.68. The molecule has 1 rings (SSSR count). The fourth-order valence-electron chi connectivity index (χ4n) is 1.71. The summed E-state index contributed by atoms with van der Waals surface area (Å²) in [5.41, 5.74) is 0. The standard InChI is InChI=1S/C9H14BrN/c10-9(7-11)8-5-3-1-2-4-6-8/h8-9H,1-6H2. The molecule has 1 unspecified atom stereocenters. The Morgan fingerprint density at radius 1 is 1.18 bits per heavy atom. The molecule has 0 radical (unpaired) electrons. The number of halogens is 1. The molecule has 2 heteroatoms. The predicted octanol–water partition coefficient (Wildman–Crippen LogP) is 3.24. The van der Waals surface area contributed by atoms with Gasteiger partial charge >= 0.3 is 0 Å². The Morgan fingerprint density at radius 2 is 1.73 bits per heavy atom. The predicted molar refractivity (Wildman–Crippen MR) is 49.5 cm³/mol. The molecule has 0 heterocycles. The van der Waals surface area contributed by atoms with E-state index in [9.17, 15) is 0 Å². The van der Waals surface area contributed by atoms with Gasteiger partial charge < -0.3 is 0 Å². The van der Waals surface area contributed by atoms with E-state index >= 15 is 0 Å². The zero-order valence-electron chi connectivity index (χ0n) is 6.72. The van der Waals surface area contributed by atoms with Crippen molar-refractivity contribution in [3.8, 4) is 6.07 Å². The Labute approximate surface area is 76.9 Å². The number of hydrogen-bond donors (Lipinski definition) is 0. The molecule has 0 aromatic heterocycles. The topological polar surface area (TPSA) is 23.8 Å². The number of nitriles is 1. The van der Waals surface area contributed by atoms with Gasteiger partial charge in [0.15, 0.2) is 0 Å². The highest BCUT2D eigenvalue weighted by Crippen LogP contribution is 2.28. The molecular weight excluding hydrogens is 202 g/mol. The third kappa shape index (κ3) is 2.83. The van der Waals surface area contributed by atoms with Crippen LogP contribution in [0.15, 0.2) is 0 Å². The van der Waals surface area contributed by atoms with Crippen LogP contribution in [0.1, 0.15) is 38.5 Å². The molecule has 1 saturated carbocycles. The highest BCUT2D eigenvalue weighted by atomic mass is 79.9. The monoisotopic (exact) mass is 215 g/mol. The average Bonchev–Trinajstić information content (AvgIpc) is 2.30. The third-order valence-electron chi connectivity index (χ3n) is 2.44. The lowest BCUT2D eigenvalue weighted by Crippen LogP contribution is -2.10. The second-order valence-electron chi connectivity index (χ2n) is 3.28. The molecule has 0 spiro atoms. The van der Waals surface area contributed by atoms with E-state index in [1.807, 2.05) is 0 Å². The van der Waals surface area contributed by atoms with Crippen LogP contribution in [0.25, 0.3) is 0 Å². The smallest absolute Gasteiger partial charge is 0.104 e. The molecule has 0 amide bonds. The number of hydrogen-bond acceptors (Lipinski definition) is 1. The largest absolute Gasteiger partial charge is 0.197 e. The Morgan fingerprint density at radius 3 is 2.18 bits per heavy atom. The van der Waals surface area contributed by atoms with Gasteiger partial charge in [-0.15, -0.1) is 0 Å². The summed E-state index contributed by atoms with van der Waals surface area (Å²) in [7, 11) is 0. The number of alkyl halides is 1. The summed E-state index contributed by atoms with van der Waals surface area (Å²) < 4.78 is 0. The SMILES string of the molecule is N#CC(Br)C1CCCCCC1. The summed E-state index contributed by atoms with van der Waals surface area (Å²) in [4.78, 5) is 0.0978. The van der Waals surface area contributed by atoms with E-state index in [0.29, 0.717) is 5.92 Å². The molecule has 62 valence electrons. The molecule has 0 aromatic rings. The van der Waals surface area contributed by atoms with Gasteiger partial charge in [0.25, 0.3) is 0 Å². The van der Waals surface area contributed by atoms with Crippen LogP contribution in [0.3, 0.4) is 0 Å². The van der Waals surface area contributed by atoms with E-state index in [-0.39, 0.29) is 4.83 Å². The van der Waals surface area contributed by atoms with Gasteiger partial charge in [0.05, 0.1) is 6.07 Å². The van der Waals surface area contributed by atoms with Gasteiger partial charge in [0, 0.05) is 0 Å². The Kier molecular flexibility index (Phi) is 3.93. The number of nitrogens with zero attached hydrogens (tertiary/aromatic N) is 1. The second kappa shape index (κ2) is 4.77. The van der Waals surface area contributed by atoms with Crippen molar-refractivity contribution >= 4 is 15.9 Å². The first kappa shape index (κ1) is 9.06. The molecule has 0 saturated heterocycles. The van der Waals surface area contributed by atoms with Gasteiger partial charge in [-0.1, -0.05) is 41.6 Å². The molecular formula is C9H14BrN. The molecule has 1 aliphatic carbocycles. The minimum Gasteiger partial charge on any atom is -0.197 e. The lowest BCUT2D eigenvalue weighted by molar-refractivity contribution is 0.483. The molecule has 11 heavy (non-hydrogen) atoms. The highest BCUT2D eigenvalue weighted by Gasteiger charge is 2.19. The normalized spacial score (nSPS) is 23.6. The molecule has 0 N–H and O–H groups in total. The molecule has 0 aliphatic heterocycles. The van der Waals surface area contributed by atoms with Crippen LogP contribution >= 0.6 is 15.9 Å². The van der Waals surface area contributed by atoms with Crippen molar-refractivity contribution < 1.29 is 0 Å². The average molecular weight is 216 g/mol. The van der Waals surface area contributed by atoms with Gasteiger partial charge in [0.2, 0.25) is 0 Å². The van der Waals surface area contributed by atoms with Crippen molar-refractivity contribution in [1.29, 1.82) is 5.26 Å². The zero-order chi connectivity index (χ0) is 8.10. The maximum Gasteiger partial charge on any atom is 0.104 e. The minimum atomic E-state index is 0.0978. The maximum atomic E-state index is 8.68. The van der Waals surface area contributed by atoms with E-state index in [1.54, 1.807) is 0 Å². The highest BCUT2D eigenvalue weighted by molar-refractivity contribution is 9.09. The van der Waals surface area contributed by atoms with E-state index in [0.717, 1.165) is 0 Å². The molecule has 1 aliphatic rings. The van der Waals surface area contributed by atoms with Gasteiger partial charge in [-0.25, -0.2) is 0 Å². The van der Waals surface area contributed by atoms with Gasteiger partial charge in [0.1, 0.15) is 4.83 Å². The van der Waals surface area contributed by atoms with Gasteiger partial charge in [-0.3, -0.25) is 0 Å². The van der Waals surface area contributed by atoms with Gasteiger partial charge in [-0.2, -0.15) is 5.26 Å². The van der Waals surface area contributed by atoms with E-state index in [1.165, 1.54) is 38.5 Å². The second-order valence-corrected chi connectivity index (χ2v) is 4.27. The van der Waals surface area contributed by atoms with E-state index in [4.69, 9.17) is 5.26 Å². The van der Waals surface area contributed by atoms with Crippen LogP contribution in [0.4, 0.5) is 0 Å². The molecule has 0 aromatic carbocycles. The molecule has 0 bridgehead atoms. The van der Waals surface area contributed by atoms with Crippen LogP contribution in [-0.4, -0.2) is 4.83 Å². The minimum absolute atomic E-state index is 0.0978. The van der Waals surface area contributed by atoms with E-state index < -0.39 is 0 Å². The van der Waals surface area contributed by atoms with Crippen LogP contribution in [-0.2, 0) is 0 Å². The van der Waals surface area contributed by atoms with Crippen molar-refractivity contribution in [2.75, 3.05) is 0 Å². The summed E-state index contributed by atoms with van der Waals surface area (Å²) in [5.74, 6) is 0.613. The Bertz CT molecular complexity index is 142. The lowest BCUT2D eigenvalue weighted by Gasteiger charge is -2.13. The first-order valence-corrected chi connectivity index (χ1v) is 5.30. The fraction of sp³-hybridized carbons (Fsp3) is 0.889. The lowest BCUT2D eigenvalue weighted by atomic mass is 9.97. The van der Waals surface area contributed by atoms with Crippen molar-refractivity contribution in [3.05, 3.63) is 0 Å². The fourth-order valence-corrected chi connectivity index (χ4v) is 2.24. The number of rotatable bonds is 1. The summed E-state index contributed by atoms with van der Waals surface area (Å²) >= 11 is 3.41. The molecule has 1 fully saturated rings. The zero-order valence-corrected chi connectivity index (χ0v) is 8.31. The Hall–Kier alpha value is -0.0300. The first-order valence-electron chi connectivity index (χ1n) is 4.38. The van der Waals surface area contributed by atoms with Crippen LogP contribution in [0.5, 0.6) is 0 Å². The van der Waals surface area contributed by atoms with Crippen molar-refractivity contribution in [1.82, 2.24) is 0 Å². The van der Waals surface area contributed by atoms with Crippen molar-refractivity contribution in [2.45, 2.75) is 43.4 Å². The summed E-state index contributed by atoms with van der Waals surface area (Å²) in [6.07, 6.45) is 7.83. The van der Waals surface area contributed by atoms with Crippen LogP contribution in [0, 0.1) is 17.2 Å². The molecule has 1 nitrogen and oxygen atoms in total. The third-order valence-corrected chi connectivity index (χ3v) is 3.39. The quantitative estimate of drug-likeness (QED) is 0.487. The van der Waals surface area contributed by atoms with E-state index in [2.05, 4.69) is 22.0 Å². The van der Waals surface area contributed by atoms with Crippen LogP contribution in [0.2, 0.25) is 0 Å². The van der Waals surface area contributed by atoms with Crippen molar-refractivity contribution in [3.63, 3.8) is 0 Å². The molecule has 1 atom stereocenters. The Balaban J connectivity index is 2.37. The van der Waals surface area contributed by atoms with Gasteiger partial charge in [-0.05, 0) is 18.8 Å². The summed E-state index contributed by atoms with van der Waals surface area (Å²) in [6.45, 7) is 0. The maximum absolute atomic E-state index is 8.68. The van der Waals surface area contributed by atoms with Crippen LogP contribution < -0.4 is 0 Å². The van der Waals surface area contributed by atoms with Crippen molar-refractivity contribution in [2.24, 2.45) is 5.92 Å². The summed E-state index contributed by atoms with van der Waals surface area (Å²) in [6, 6.07) is 2.28.